The number of benzene rings is 1. The summed E-state index contributed by atoms with van der Waals surface area (Å²) in [6, 6.07) is 6.89. The zero-order chi connectivity index (χ0) is 29.1. The molecule has 0 saturated carbocycles. The smallest absolute Gasteiger partial charge is 0.0558 e. The fourth-order valence-electron chi connectivity index (χ4n) is 5.87. The van der Waals surface area contributed by atoms with Crippen LogP contribution in [0.1, 0.15) is 126 Å². The van der Waals surface area contributed by atoms with Crippen LogP contribution in [0.3, 0.4) is 0 Å². The number of aryl methyl sites for hydroxylation is 3. The molecule has 0 aromatic heterocycles. The quantitative estimate of drug-likeness (QED) is 0.0912. The number of hydrogen-bond acceptors (Lipinski definition) is 5. The monoisotopic (exact) mass is 563 g/mol. The molecule has 0 heterocycles. The van der Waals surface area contributed by atoms with E-state index in [-0.39, 0.29) is 19.8 Å². The summed E-state index contributed by atoms with van der Waals surface area (Å²) in [5, 5.41) is 27.7. The van der Waals surface area contributed by atoms with Gasteiger partial charge in [-0.05, 0) is 70.3 Å². The first kappa shape index (κ1) is 37.0. The third-order valence-corrected chi connectivity index (χ3v) is 8.37. The van der Waals surface area contributed by atoms with Gasteiger partial charge in [-0.3, -0.25) is 4.90 Å². The second-order valence-electron chi connectivity index (χ2n) is 12.0. The number of aliphatic hydroxyl groups excluding tert-OH is 3. The van der Waals surface area contributed by atoms with Crippen molar-refractivity contribution in [2.75, 3.05) is 59.1 Å². The standard InChI is InChI=1S/C35H66N2O3/c1-33-21-22-35(34(2)32-33)20-17-15-13-11-9-7-5-3-4-6-8-10-12-14-16-18-23-36(26-29-38)24-19-25-37(27-30-39)28-31-40/h21-22,32,38-40H,3-20,23-31H2,1-2H3. The van der Waals surface area contributed by atoms with Crippen LogP contribution in [-0.2, 0) is 6.42 Å². The van der Waals surface area contributed by atoms with Crippen molar-refractivity contribution in [3.8, 4) is 0 Å². The maximum absolute atomic E-state index is 9.39. The molecule has 40 heavy (non-hydrogen) atoms. The molecule has 1 aromatic carbocycles. The van der Waals surface area contributed by atoms with E-state index in [9.17, 15) is 5.11 Å². The first-order valence-electron chi connectivity index (χ1n) is 16.9. The van der Waals surface area contributed by atoms with E-state index in [0.717, 1.165) is 32.6 Å². The Balaban J connectivity index is 1.85. The molecule has 0 atom stereocenters. The molecule has 0 spiro atoms. The van der Waals surface area contributed by atoms with Gasteiger partial charge in [0.05, 0.1) is 19.8 Å². The fourth-order valence-corrected chi connectivity index (χ4v) is 5.87. The van der Waals surface area contributed by atoms with Gasteiger partial charge in [0.1, 0.15) is 0 Å². The molecule has 1 aromatic rings. The van der Waals surface area contributed by atoms with Crippen LogP contribution in [0.25, 0.3) is 0 Å². The first-order chi connectivity index (χ1) is 19.6. The van der Waals surface area contributed by atoms with E-state index in [1.54, 1.807) is 0 Å². The minimum atomic E-state index is 0.135. The van der Waals surface area contributed by atoms with Crippen molar-refractivity contribution in [1.29, 1.82) is 0 Å². The molecule has 0 amide bonds. The van der Waals surface area contributed by atoms with Gasteiger partial charge in [-0.15, -0.1) is 0 Å². The van der Waals surface area contributed by atoms with E-state index in [1.165, 1.54) is 126 Å². The summed E-state index contributed by atoms with van der Waals surface area (Å²) in [7, 11) is 0. The Bertz CT molecular complexity index is 679. The maximum Gasteiger partial charge on any atom is 0.0558 e. The predicted octanol–water partition coefficient (Wildman–Crippen LogP) is 7.06. The van der Waals surface area contributed by atoms with Crippen molar-refractivity contribution in [2.24, 2.45) is 0 Å². The molecule has 0 fully saturated rings. The number of unbranched alkanes of at least 4 members (excludes halogenated alkanes) is 15. The van der Waals surface area contributed by atoms with E-state index in [4.69, 9.17) is 10.2 Å². The Morgan fingerprint density at radius 2 is 0.825 bits per heavy atom. The average molecular weight is 563 g/mol. The molecule has 0 bridgehead atoms. The van der Waals surface area contributed by atoms with E-state index >= 15 is 0 Å². The summed E-state index contributed by atoms with van der Waals surface area (Å²) in [6.07, 6.45) is 24.3. The molecule has 0 aliphatic carbocycles. The van der Waals surface area contributed by atoms with E-state index in [2.05, 4.69) is 41.8 Å². The maximum atomic E-state index is 9.39. The Hall–Kier alpha value is -0.980. The summed E-state index contributed by atoms with van der Waals surface area (Å²) in [5.74, 6) is 0. The Kier molecular flexibility index (Phi) is 24.9. The minimum absolute atomic E-state index is 0.135. The number of hydrogen-bond donors (Lipinski definition) is 3. The molecule has 234 valence electrons. The Morgan fingerprint density at radius 3 is 1.25 bits per heavy atom. The third-order valence-electron chi connectivity index (χ3n) is 8.37. The van der Waals surface area contributed by atoms with Crippen LogP contribution in [0.5, 0.6) is 0 Å². The summed E-state index contributed by atoms with van der Waals surface area (Å²) >= 11 is 0. The molecule has 0 aliphatic rings. The Labute approximate surface area is 248 Å². The predicted molar refractivity (Wildman–Crippen MR) is 172 cm³/mol. The lowest BCUT2D eigenvalue weighted by atomic mass is 9.99. The highest BCUT2D eigenvalue weighted by Gasteiger charge is 2.07. The molecule has 0 radical (unpaired) electrons. The lowest BCUT2D eigenvalue weighted by Crippen LogP contribution is -2.35. The van der Waals surface area contributed by atoms with E-state index in [0.29, 0.717) is 13.1 Å². The second-order valence-corrected chi connectivity index (χ2v) is 12.0. The summed E-state index contributed by atoms with van der Waals surface area (Å²) in [4.78, 5) is 4.47. The van der Waals surface area contributed by atoms with Crippen molar-refractivity contribution >= 4 is 0 Å². The number of rotatable bonds is 29. The molecule has 5 heteroatoms. The topological polar surface area (TPSA) is 67.2 Å². The van der Waals surface area contributed by atoms with Gasteiger partial charge >= 0.3 is 0 Å². The van der Waals surface area contributed by atoms with Gasteiger partial charge in [0, 0.05) is 19.6 Å². The molecule has 0 unspecified atom stereocenters. The lowest BCUT2D eigenvalue weighted by Gasteiger charge is -2.24. The van der Waals surface area contributed by atoms with Crippen LogP contribution in [0.15, 0.2) is 18.2 Å². The zero-order valence-electron chi connectivity index (χ0n) is 26.6. The van der Waals surface area contributed by atoms with Crippen molar-refractivity contribution in [3.63, 3.8) is 0 Å². The molecular weight excluding hydrogens is 496 g/mol. The Morgan fingerprint density at radius 1 is 0.450 bits per heavy atom. The van der Waals surface area contributed by atoms with E-state index in [1.807, 2.05) is 0 Å². The molecular formula is C35H66N2O3. The highest BCUT2D eigenvalue weighted by atomic mass is 16.3. The first-order valence-corrected chi connectivity index (χ1v) is 16.9. The van der Waals surface area contributed by atoms with Crippen molar-refractivity contribution < 1.29 is 15.3 Å². The fraction of sp³-hybridized carbons (Fsp3) is 0.829. The van der Waals surface area contributed by atoms with Crippen LogP contribution < -0.4 is 0 Å². The van der Waals surface area contributed by atoms with Crippen molar-refractivity contribution in [1.82, 2.24) is 9.80 Å². The van der Waals surface area contributed by atoms with Gasteiger partial charge in [-0.2, -0.15) is 0 Å². The number of aliphatic hydroxyl groups is 3. The summed E-state index contributed by atoms with van der Waals surface area (Å²) < 4.78 is 0. The normalized spacial score (nSPS) is 11.8. The van der Waals surface area contributed by atoms with E-state index < -0.39 is 0 Å². The third kappa shape index (κ3) is 20.8. The SMILES string of the molecule is Cc1ccc(CCCCCCCCCCCCCCCCCCN(CCO)CCCN(CCO)CCO)c(C)c1. The number of nitrogens with zero attached hydrogens (tertiary/aromatic N) is 2. The van der Waals surface area contributed by atoms with Gasteiger partial charge < -0.3 is 20.2 Å². The molecule has 5 nitrogen and oxygen atoms in total. The van der Waals surface area contributed by atoms with Crippen LogP contribution in [0, 0.1) is 13.8 Å². The molecule has 1 rings (SSSR count). The van der Waals surface area contributed by atoms with Gasteiger partial charge in [0.15, 0.2) is 0 Å². The van der Waals surface area contributed by atoms with Gasteiger partial charge in [-0.1, -0.05) is 114 Å². The van der Waals surface area contributed by atoms with Gasteiger partial charge in [-0.25, -0.2) is 0 Å². The minimum Gasteiger partial charge on any atom is -0.395 e. The van der Waals surface area contributed by atoms with Crippen molar-refractivity contribution in [2.45, 2.75) is 129 Å². The second kappa shape index (κ2) is 26.9. The largest absolute Gasteiger partial charge is 0.395 e. The summed E-state index contributed by atoms with van der Waals surface area (Å²) in [5.41, 5.74) is 4.37. The van der Waals surface area contributed by atoms with Gasteiger partial charge in [0.2, 0.25) is 0 Å². The van der Waals surface area contributed by atoms with Crippen LogP contribution in [0.4, 0.5) is 0 Å². The van der Waals surface area contributed by atoms with Crippen LogP contribution in [0.2, 0.25) is 0 Å². The summed E-state index contributed by atoms with van der Waals surface area (Å²) in [6.45, 7) is 9.83. The molecule has 0 aliphatic heterocycles. The van der Waals surface area contributed by atoms with Crippen molar-refractivity contribution in [3.05, 3.63) is 34.9 Å². The van der Waals surface area contributed by atoms with Gasteiger partial charge in [0.25, 0.3) is 0 Å². The highest BCUT2D eigenvalue weighted by Crippen LogP contribution is 2.16. The van der Waals surface area contributed by atoms with Crippen LogP contribution >= 0.6 is 0 Å². The molecule has 3 N–H and O–H groups in total. The lowest BCUT2D eigenvalue weighted by molar-refractivity contribution is 0.147. The van der Waals surface area contributed by atoms with Crippen LogP contribution in [-0.4, -0.2) is 84.2 Å². The molecule has 0 saturated heterocycles. The average Bonchev–Trinajstić information content (AvgIpc) is 2.93. The zero-order valence-corrected chi connectivity index (χ0v) is 26.6. The highest BCUT2D eigenvalue weighted by molar-refractivity contribution is 5.30.